The first-order valence-electron chi connectivity index (χ1n) is 7.67. The molecular formula is C17H23N3O. The van der Waals surface area contributed by atoms with Crippen LogP contribution in [0, 0.1) is 5.92 Å². The Bertz CT molecular complexity index is 633. The van der Waals surface area contributed by atoms with Gasteiger partial charge in [0.15, 0.2) is 0 Å². The van der Waals surface area contributed by atoms with E-state index < -0.39 is 5.60 Å². The van der Waals surface area contributed by atoms with Gasteiger partial charge in [-0.1, -0.05) is 19.1 Å². The Morgan fingerprint density at radius 1 is 1.33 bits per heavy atom. The van der Waals surface area contributed by atoms with Crippen molar-refractivity contribution in [2.24, 2.45) is 5.92 Å². The number of anilines is 2. The van der Waals surface area contributed by atoms with Crippen LogP contribution in [0.25, 0.3) is 10.9 Å². The van der Waals surface area contributed by atoms with Gasteiger partial charge in [0.05, 0.1) is 16.8 Å². The quantitative estimate of drug-likeness (QED) is 0.757. The average molecular weight is 285 g/mol. The number of nitrogen functional groups attached to an aromatic ring is 1. The van der Waals surface area contributed by atoms with Crippen LogP contribution in [0.5, 0.6) is 0 Å². The fraction of sp³-hybridized carbons (Fsp3) is 0.471. The van der Waals surface area contributed by atoms with Gasteiger partial charge in [0.1, 0.15) is 0 Å². The summed E-state index contributed by atoms with van der Waals surface area (Å²) in [7, 11) is 0. The van der Waals surface area contributed by atoms with Gasteiger partial charge in [-0.3, -0.25) is 4.98 Å². The summed E-state index contributed by atoms with van der Waals surface area (Å²) in [5.74, 6) is 0.729. The molecule has 21 heavy (non-hydrogen) atoms. The molecule has 0 saturated heterocycles. The second kappa shape index (κ2) is 5.53. The van der Waals surface area contributed by atoms with Crippen molar-refractivity contribution in [3.8, 4) is 0 Å². The summed E-state index contributed by atoms with van der Waals surface area (Å²) in [5.41, 5.74) is 7.85. The largest absolute Gasteiger partial charge is 0.397 e. The van der Waals surface area contributed by atoms with Crippen LogP contribution in [-0.4, -0.2) is 22.2 Å². The van der Waals surface area contributed by atoms with Crippen molar-refractivity contribution in [3.63, 3.8) is 0 Å². The standard InChI is InChI=1S/C17H23N3O/c1-12-5-8-17(21,9-6-12)11-20-15-7-10-19-16-13(15)3-2-4-14(16)18/h2-4,7,10,12,21H,5-6,8-9,11,18H2,1H3,(H,19,20). The van der Waals surface area contributed by atoms with Crippen LogP contribution in [-0.2, 0) is 0 Å². The number of nitrogens with one attached hydrogen (secondary N) is 1. The molecule has 3 rings (SSSR count). The first-order chi connectivity index (χ1) is 10.1. The lowest BCUT2D eigenvalue weighted by atomic mass is 9.79. The zero-order chi connectivity index (χ0) is 14.9. The highest BCUT2D eigenvalue weighted by atomic mass is 16.3. The molecule has 0 radical (unpaired) electrons. The van der Waals surface area contributed by atoms with E-state index in [4.69, 9.17) is 5.73 Å². The predicted molar refractivity (Wildman–Crippen MR) is 87.2 cm³/mol. The van der Waals surface area contributed by atoms with E-state index in [1.165, 1.54) is 0 Å². The maximum absolute atomic E-state index is 10.7. The van der Waals surface area contributed by atoms with Crippen molar-refractivity contribution in [3.05, 3.63) is 30.5 Å². The number of nitrogens with two attached hydrogens (primary N) is 1. The monoisotopic (exact) mass is 285 g/mol. The summed E-state index contributed by atoms with van der Waals surface area (Å²) in [6.45, 7) is 2.83. The molecule has 1 heterocycles. The van der Waals surface area contributed by atoms with E-state index in [9.17, 15) is 5.11 Å². The first kappa shape index (κ1) is 14.1. The molecule has 1 saturated carbocycles. The lowest BCUT2D eigenvalue weighted by Crippen LogP contribution is -2.40. The minimum absolute atomic E-state index is 0.577. The molecular weight excluding hydrogens is 262 g/mol. The van der Waals surface area contributed by atoms with Gasteiger partial charge >= 0.3 is 0 Å². The molecule has 0 unspecified atom stereocenters. The number of hydrogen-bond donors (Lipinski definition) is 3. The van der Waals surface area contributed by atoms with Gasteiger partial charge in [-0.15, -0.1) is 0 Å². The van der Waals surface area contributed by atoms with Gasteiger partial charge in [0, 0.05) is 23.8 Å². The summed E-state index contributed by atoms with van der Waals surface area (Å²) in [5, 5.41) is 15.1. The molecule has 4 nitrogen and oxygen atoms in total. The third-order valence-corrected chi connectivity index (χ3v) is 4.62. The number of rotatable bonds is 3. The molecule has 0 amide bonds. The van der Waals surface area contributed by atoms with Gasteiger partial charge in [-0.25, -0.2) is 0 Å². The number of aromatic nitrogens is 1. The Hall–Kier alpha value is -1.81. The number of pyridine rings is 1. The lowest BCUT2D eigenvalue weighted by Gasteiger charge is -2.35. The summed E-state index contributed by atoms with van der Waals surface area (Å²) in [6, 6.07) is 7.74. The maximum atomic E-state index is 10.7. The number of fused-ring (bicyclic) bond motifs is 1. The van der Waals surface area contributed by atoms with Crippen LogP contribution in [0.3, 0.4) is 0 Å². The lowest BCUT2D eigenvalue weighted by molar-refractivity contribution is 0.00503. The third kappa shape index (κ3) is 2.95. The predicted octanol–water partition coefficient (Wildman–Crippen LogP) is 3.17. The van der Waals surface area contributed by atoms with E-state index in [1.807, 2.05) is 24.3 Å². The summed E-state index contributed by atoms with van der Waals surface area (Å²) in [4.78, 5) is 4.34. The Balaban J connectivity index is 1.78. The molecule has 112 valence electrons. The number of aliphatic hydroxyl groups is 1. The van der Waals surface area contributed by atoms with Crippen LogP contribution < -0.4 is 11.1 Å². The van der Waals surface area contributed by atoms with Crippen LogP contribution in [0.2, 0.25) is 0 Å². The van der Waals surface area contributed by atoms with Crippen molar-refractivity contribution >= 4 is 22.3 Å². The fourth-order valence-electron chi connectivity index (χ4n) is 3.09. The molecule has 4 heteroatoms. The Morgan fingerprint density at radius 3 is 2.86 bits per heavy atom. The van der Waals surface area contributed by atoms with Gasteiger partial charge in [0.2, 0.25) is 0 Å². The normalized spacial score (nSPS) is 25.9. The number of benzene rings is 1. The topological polar surface area (TPSA) is 71.2 Å². The van der Waals surface area contributed by atoms with Crippen molar-refractivity contribution < 1.29 is 5.11 Å². The Morgan fingerprint density at radius 2 is 2.10 bits per heavy atom. The highest BCUT2D eigenvalue weighted by Gasteiger charge is 2.31. The zero-order valence-corrected chi connectivity index (χ0v) is 12.5. The van der Waals surface area contributed by atoms with Crippen LogP contribution >= 0.6 is 0 Å². The van der Waals surface area contributed by atoms with Crippen molar-refractivity contribution in [1.82, 2.24) is 4.98 Å². The molecule has 1 aromatic carbocycles. The highest BCUT2D eigenvalue weighted by Crippen LogP contribution is 2.33. The van der Waals surface area contributed by atoms with E-state index in [-0.39, 0.29) is 0 Å². The van der Waals surface area contributed by atoms with E-state index >= 15 is 0 Å². The maximum Gasteiger partial charge on any atom is 0.0951 e. The third-order valence-electron chi connectivity index (χ3n) is 4.62. The number of para-hydroxylation sites is 1. The smallest absolute Gasteiger partial charge is 0.0951 e. The van der Waals surface area contributed by atoms with E-state index in [2.05, 4.69) is 17.2 Å². The van der Waals surface area contributed by atoms with Crippen LogP contribution in [0.4, 0.5) is 11.4 Å². The van der Waals surface area contributed by atoms with Crippen LogP contribution in [0.1, 0.15) is 32.6 Å². The Labute approximate surface area is 125 Å². The average Bonchev–Trinajstić information content (AvgIpc) is 2.49. The van der Waals surface area contributed by atoms with Gasteiger partial charge in [-0.05, 0) is 43.7 Å². The molecule has 4 N–H and O–H groups in total. The van der Waals surface area contributed by atoms with Crippen molar-refractivity contribution in [2.45, 2.75) is 38.2 Å². The van der Waals surface area contributed by atoms with Gasteiger partial charge < -0.3 is 16.2 Å². The summed E-state index contributed by atoms with van der Waals surface area (Å²) < 4.78 is 0. The molecule has 1 aliphatic carbocycles. The summed E-state index contributed by atoms with van der Waals surface area (Å²) >= 11 is 0. The second-order valence-electron chi connectivity index (χ2n) is 6.36. The Kier molecular flexibility index (Phi) is 3.72. The SMILES string of the molecule is CC1CCC(O)(CNc2ccnc3c(N)cccc23)CC1. The van der Waals surface area contributed by atoms with Crippen molar-refractivity contribution in [2.75, 3.05) is 17.6 Å². The minimum Gasteiger partial charge on any atom is -0.397 e. The van der Waals surface area contributed by atoms with E-state index in [1.54, 1.807) is 6.20 Å². The highest BCUT2D eigenvalue weighted by molar-refractivity contribution is 5.97. The summed E-state index contributed by atoms with van der Waals surface area (Å²) in [6.07, 6.45) is 5.69. The van der Waals surface area contributed by atoms with E-state index in [0.717, 1.165) is 48.2 Å². The molecule has 1 aromatic heterocycles. The van der Waals surface area contributed by atoms with Crippen molar-refractivity contribution in [1.29, 1.82) is 0 Å². The van der Waals surface area contributed by atoms with Gasteiger partial charge in [0.25, 0.3) is 0 Å². The second-order valence-corrected chi connectivity index (χ2v) is 6.36. The van der Waals surface area contributed by atoms with Gasteiger partial charge in [-0.2, -0.15) is 0 Å². The van der Waals surface area contributed by atoms with E-state index in [0.29, 0.717) is 12.2 Å². The molecule has 2 aromatic rings. The molecule has 1 aliphatic rings. The molecule has 1 fully saturated rings. The molecule has 0 atom stereocenters. The number of nitrogens with zero attached hydrogens (tertiary/aromatic N) is 1. The van der Waals surface area contributed by atoms with Crippen LogP contribution in [0.15, 0.2) is 30.5 Å². The minimum atomic E-state index is -0.595. The molecule has 0 bridgehead atoms. The number of hydrogen-bond acceptors (Lipinski definition) is 4. The molecule has 0 aliphatic heterocycles. The first-order valence-corrected chi connectivity index (χ1v) is 7.67. The fourth-order valence-corrected chi connectivity index (χ4v) is 3.09. The zero-order valence-electron chi connectivity index (χ0n) is 12.5. The molecule has 0 spiro atoms.